The molecule has 5 heteroatoms. The highest BCUT2D eigenvalue weighted by atomic mass is 14.9. The first-order chi connectivity index (χ1) is 78.0. The number of aryl methyl sites for hydroxylation is 24. The summed E-state index contributed by atoms with van der Waals surface area (Å²) in [5.74, 6) is -2.74. The lowest BCUT2D eigenvalue weighted by Gasteiger charge is -2.22. The van der Waals surface area contributed by atoms with Gasteiger partial charge in [0.05, 0.1) is 0 Å². The first kappa shape index (κ1) is 53.0. The predicted octanol–water partition coefficient (Wildman–Crippen LogP) is 29.9. The van der Waals surface area contributed by atoms with Crippen LogP contribution in [-0.4, -0.2) is 0 Å². The lowest BCUT2D eigenvalue weighted by molar-refractivity contribution is -0.660. The van der Waals surface area contributed by atoms with Gasteiger partial charge in [0.2, 0.25) is 28.5 Å². The van der Waals surface area contributed by atoms with Crippen LogP contribution >= 0.6 is 0 Å². The maximum Gasteiger partial charge on any atom is 0.212 e. The Hall–Kier alpha value is -12.1. The molecule has 0 amide bonds. The number of aromatic nitrogens is 5. The van der Waals surface area contributed by atoms with Gasteiger partial charge in [0.15, 0.2) is 31.0 Å². The molecule has 2 fully saturated rings. The van der Waals surface area contributed by atoms with Crippen molar-refractivity contribution in [2.45, 2.75) is 220 Å². The fourth-order valence-electron chi connectivity index (χ4n) is 17.3. The van der Waals surface area contributed by atoms with Crippen LogP contribution in [0.4, 0.5) is 0 Å². The van der Waals surface area contributed by atoms with Gasteiger partial charge < -0.3 is 0 Å². The molecule has 0 N–H and O–H groups in total. The van der Waals surface area contributed by atoms with Crippen molar-refractivity contribution in [1.82, 2.24) is 0 Å². The van der Waals surface area contributed by atoms with Gasteiger partial charge in [-0.1, -0.05) is 204 Å². The number of pyridine rings is 5. The molecule has 0 spiro atoms. The van der Waals surface area contributed by atoms with Crippen LogP contribution in [0.3, 0.4) is 0 Å². The number of hydrogen-bond acceptors (Lipinski definition) is 0. The molecule has 0 bridgehead atoms. The van der Waals surface area contributed by atoms with Crippen LogP contribution in [0.15, 0.2) is 262 Å². The van der Waals surface area contributed by atoms with Crippen molar-refractivity contribution in [3.8, 4) is 112 Å². The summed E-state index contributed by atoms with van der Waals surface area (Å²) in [5.41, 5.74) is 19.4. The van der Waals surface area contributed by atoms with Gasteiger partial charge >= 0.3 is 0 Å². The second kappa shape index (κ2) is 41.4. The summed E-state index contributed by atoms with van der Waals surface area (Å²) in [7, 11) is 8.90. The van der Waals surface area contributed by atoms with Gasteiger partial charge in [-0.2, -0.15) is 0 Å². The van der Waals surface area contributed by atoms with E-state index in [0.717, 1.165) is 89.7 Å². The summed E-state index contributed by atoms with van der Waals surface area (Å²) in [6.07, 6.45) is 16.2. The van der Waals surface area contributed by atoms with Gasteiger partial charge in [-0.15, -0.1) is 0 Å². The Morgan fingerprint density at radius 1 is 0.258 bits per heavy atom. The number of hydrogen-bond donors (Lipinski definition) is 0. The van der Waals surface area contributed by atoms with Gasteiger partial charge in [0, 0.05) is 144 Å². The van der Waals surface area contributed by atoms with Gasteiger partial charge in [-0.05, 0) is 366 Å². The van der Waals surface area contributed by atoms with E-state index in [4.69, 9.17) is 57.6 Å². The molecular weight excluding hydrogens is 1550 g/mol. The molecule has 654 valence electrons. The van der Waals surface area contributed by atoms with E-state index in [0.29, 0.717) is 130 Å². The van der Waals surface area contributed by atoms with Crippen LogP contribution < -0.4 is 22.8 Å². The molecule has 0 unspecified atom stereocenters. The summed E-state index contributed by atoms with van der Waals surface area (Å²) >= 11 is 0. The minimum absolute atomic E-state index is 0.0308. The van der Waals surface area contributed by atoms with Crippen LogP contribution in [-0.2, 0) is 35.2 Å². The number of nitrogens with zero attached hydrogens (tertiary/aromatic N) is 5. The van der Waals surface area contributed by atoms with Gasteiger partial charge in [0.25, 0.3) is 0 Å². The van der Waals surface area contributed by atoms with Crippen molar-refractivity contribution in [3.05, 3.63) is 384 Å². The molecular formula is C123H142N5+5. The Kier molecular flexibility index (Phi) is 17.1. The largest absolute Gasteiger partial charge is 0.212 e. The lowest BCUT2D eigenvalue weighted by Crippen LogP contribution is -2.32. The van der Waals surface area contributed by atoms with E-state index in [9.17, 15) is 0 Å². The summed E-state index contributed by atoms with van der Waals surface area (Å²) < 4.78 is 346. The molecule has 0 radical (unpaired) electrons. The third-order valence-corrected chi connectivity index (χ3v) is 24.5. The first-order valence-corrected chi connectivity index (χ1v) is 43.3. The third kappa shape index (κ3) is 21.3. The van der Waals surface area contributed by atoms with Crippen LogP contribution in [0.25, 0.3) is 112 Å². The Morgan fingerprint density at radius 2 is 0.625 bits per heavy atom. The molecule has 5 heterocycles. The predicted molar refractivity (Wildman–Crippen MR) is 544 cm³/mol. The molecule has 128 heavy (non-hydrogen) atoms. The number of benzene rings is 10. The van der Waals surface area contributed by atoms with Crippen molar-refractivity contribution < 1.29 is 80.4 Å². The normalized spacial score (nSPS) is 19.4. The quantitative estimate of drug-likeness (QED) is 0.103. The zero-order chi connectivity index (χ0) is 127. The van der Waals surface area contributed by atoms with Crippen molar-refractivity contribution in [3.63, 3.8) is 0 Å². The zero-order valence-corrected chi connectivity index (χ0v) is 75.4. The molecule has 10 aromatic carbocycles. The van der Waals surface area contributed by atoms with Gasteiger partial charge in [0.1, 0.15) is 35.2 Å². The summed E-state index contributed by atoms with van der Waals surface area (Å²) in [6.45, 7) is -16.8. The minimum Gasteiger partial charge on any atom is -0.201 e. The molecule has 17 rings (SSSR count). The Morgan fingerprint density at radius 3 is 1.06 bits per heavy atom. The van der Waals surface area contributed by atoms with Crippen LogP contribution in [0.2, 0.25) is 0 Å². The fourth-order valence-corrected chi connectivity index (χ4v) is 17.3. The molecule has 0 saturated heterocycles. The maximum absolute atomic E-state index is 9.09. The Balaban J connectivity index is 0.000000174. The molecule has 15 aromatic rings. The van der Waals surface area contributed by atoms with Crippen molar-refractivity contribution in [2.24, 2.45) is 35.2 Å². The Bertz CT molecular complexity index is 8340. The highest BCUT2D eigenvalue weighted by molar-refractivity contribution is 5.82. The standard InChI is InChI=1S/C27H32N.C26H30N.C25H30N.C23H26N.C22H24N/c1-19-10-8-9-13-24(19)25-18-26(21(3)16-20(25)2)27-17-23(14-15-28(27)4)22-11-6-5-7-12-22;1-18-9-5-8-12-23(18)22-14-13-19(2)25(15-22)26-16-24(20(3)17-27(26)4)21-10-6-7-11-21;1-16(2)22-14-25(26(7)15-20(22)6)24-13-23(18(4)12-19(24)5)21-11-9-8-10-17(21)3;1-15-9-7-8-10-20(15)21-13-22(18(4)11-17(21)3)23-12-16(2)19(5)14-24(23)6;1-15-10-11-22(23(5)14-15)21-13-20(17(3)12-18(21)4)19-9-7-6-8-16(19)2/h8-10,13-18,22H,5-7,11-12H2,1-4H3;5,8-9,12-17,21H,6-7,10-11H2,1-4H3;8-16H,1-7H3;7-14H,1-6H3;6-14H,1-5H3/q5*+1/i1D3,2D3,22D;1D3,3D3,21D;3D3,4D3,6D3,16D;1D3,3D3,5D3;1D3,2D3,3D3. The van der Waals surface area contributed by atoms with E-state index in [1.165, 1.54) is 42.7 Å². The van der Waals surface area contributed by atoms with Gasteiger partial charge in [-0.3, -0.25) is 0 Å². The fraction of sp³-hybridized carbons (Fsp3) is 0.309. The van der Waals surface area contributed by atoms with E-state index in [2.05, 4.69) is 6.07 Å². The smallest absolute Gasteiger partial charge is 0.201 e. The number of rotatable bonds is 13. The molecule has 5 nitrogen and oxygen atoms in total. The first-order valence-electron chi connectivity index (χ1n) is 64.3. The van der Waals surface area contributed by atoms with E-state index in [-0.39, 0.29) is 72.3 Å². The topological polar surface area (TPSA) is 19.4 Å². The summed E-state index contributed by atoms with van der Waals surface area (Å²) in [5, 5.41) is 0. The molecule has 2 aliphatic rings. The molecule has 2 aliphatic carbocycles. The van der Waals surface area contributed by atoms with Crippen LogP contribution in [0.5, 0.6) is 0 Å². The van der Waals surface area contributed by atoms with E-state index in [1.54, 1.807) is 234 Å². The average Bonchev–Trinajstić information content (AvgIpc) is 1.58. The molecule has 2 saturated carbocycles. The monoisotopic (exact) mass is 1730 g/mol. The van der Waals surface area contributed by atoms with Crippen molar-refractivity contribution in [1.29, 1.82) is 0 Å². The molecule has 0 atom stereocenters. The summed E-state index contributed by atoms with van der Waals surface area (Å²) in [6, 6.07) is 64.4. The zero-order valence-electron chi connectivity index (χ0n) is 117. The van der Waals surface area contributed by atoms with E-state index < -0.39 is 107 Å². The average molecular weight is 1730 g/mol. The van der Waals surface area contributed by atoms with E-state index >= 15 is 0 Å². The Labute approximate surface area is 828 Å². The molecule has 0 aliphatic heterocycles. The summed E-state index contributed by atoms with van der Waals surface area (Å²) in [4.78, 5) is 0. The van der Waals surface area contributed by atoms with Crippen molar-refractivity contribution in [2.75, 3.05) is 0 Å². The third-order valence-electron chi connectivity index (χ3n) is 24.5. The maximum atomic E-state index is 9.09. The van der Waals surface area contributed by atoms with Crippen LogP contribution in [0.1, 0.15) is 269 Å². The van der Waals surface area contributed by atoms with Crippen LogP contribution in [0, 0.1) is 131 Å². The highest BCUT2D eigenvalue weighted by Gasteiger charge is 2.28. The minimum atomic E-state index is -2.50. The van der Waals surface area contributed by atoms with E-state index in [1.807, 2.05) is 91.8 Å². The highest BCUT2D eigenvalue weighted by Crippen LogP contribution is 2.43. The van der Waals surface area contributed by atoms with Gasteiger partial charge in [-0.25, -0.2) is 22.8 Å². The second-order valence-electron chi connectivity index (χ2n) is 34.0. The second-order valence-corrected chi connectivity index (χ2v) is 34.0. The van der Waals surface area contributed by atoms with Crippen molar-refractivity contribution >= 4 is 0 Å². The lowest BCUT2D eigenvalue weighted by atomic mass is 9.83. The SMILES string of the molecule is [2H]C([2H])([2H])c1c[n+](C)c(-c2cc(-c3ccccc3C([2H])([2H])[2H])c(C([2H])([2H])[2H])cc2C)cc1C.[2H]C([2H])([2H])c1ccc(-c2cc(-c3ccccc3C([2H])([2H])[2H])c(C([2H])([2H])[2H])cc2C)[n+](C)c1.[2H]C([2H])([2H])c1ccccc1-c1cc(-c2cc(C([2H])(C)C)c(C([2H])([2H])[2H])c[n+]2C)c(C)cc1C([2H])([2H])[2H].[2H]C([2H])([2H])c1ccccc1-c1cc(-c2cc(C3([2H])CCCCC3)cc[n+]2C)c(C)cc1C([2H])([2H])[2H].[2H]C([2H])([2H])c1ccccc1-c1ccc(C)c(-c2cc(C3([2H])CCCC3)c(C([2H])([2H])[2H])c[n+]2C)c1. The molecule has 5 aromatic heterocycles.